The first-order valence-corrected chi connectivity index (χ1v) is 7.39. The molecule has 0 unspecified atom stereocenters. The van der Waals surface area contributed by atoms with Crippen LogP contribution in [0.4, 0.5) is 0 Å². The van der Waals surface area contributed by atoms with Crippen LogP contribution in [0.1, 0.15) is 32.3 Å². The molecule has 2 aromatic rings. The number of nitrogens with two attached hydrogens (primary N) is 1. The Morgan fingerprint density at radius 1 is 1.25 bits per heavy atom. The molecule has 0 aliphatic heterocycles. The molecule has 0 aliphatic rings. The number of hydrogen-bond acceptors (Lipinski definition) is 2. The van der Waals surface area contributed by atoms with Crippen molar-refractivity contribution in [3.05, 3.63) is 36.0 Å². The number of aromatic nitrogens is 1. The van der Waals surface area contributed by atoms with Crippen LogP contribution in [0.2, 0.25) is 0 Å². The Balaban J connectivity index is 2.24. The second kappa shape index (κ2) is 6.42. The number of rotatable bonds is 7. The second-order valence-electron chi connectivity index (χ2n) is 5.97. The number of methoxy groups -OCH3 is 1. The molecule has 2 N–H and O–H groups in total. The van der Waals surface area contributed by atoms with Gasteiger partial charge in [-0.3, -0.25) is 0 Å². The fourth-order valence-corrected chi connectivity index (χ4v) is 2.49. The molecular formula is C17H26N2O. The molecule has 0 amide bonds. The van der Waals surface area contributed by atoms with E-state index in [0.717, 1.165) is 32.4 Å². The van der Waals surface area contributed by atoms with Crippen molar-refractivity contribution in [3.8, 4) is 0 Å². The van der Waals surface area contributed by atoms with Crippen LogP contribution in [0.5, 0.6) is 0 Å². The monoisotopic (exact) mass is 274 g/mol. The maximum absolute atomic E-state index is 5.64. The van der Waals surface area contributed by atoms with Gasteiger partial charge >= 0.3 is 0 Å². The van der Waals surface area contributed by atoms with E-state index in [1.165, 1.54) is 16.5 Å². The highest BCUT2D eigenvalue weighted by atomic mass is 16.5. The minimum Gasteiger partial charge on any atom is -0.379 e. The largest absolute Gasteiger partial charge is 0.379 e. The molecule has 3 heteroatoms. The molecule has 1 aromatic heterocycles. The highest BCUT2D eigenvalue weighted by Crippen LogP contribution is 2.24. The molecule has 0 saturated carbocycles. The van der Waals surface area contributed by atoms with Crippen LogP contribution in [0, 0.1) is 0 Å². The van der Waals surface area contributed by atoms with Crippen molar-refractivity contribution in [2.45, 2.75) is 45.3 Å². The number of fused-ring (bicyclic) bond motifs is 1. The van der Waals surface area contributed by atoms with Crippen molar-refractivity contribution >= 4 is 10.9 Å². The number of nitrogens with zero attached hydrogens (tertiary/aromatic N) is 1. The molecular weight excluding hydrogens is 248 g/mol. The van der Waals surface area contributed by atoms with Crippen molar-refractivity contribution in [1.29, 1.82) is 0 Å². The average Bonchev–Trinajstić information content (AvgIpc) is 2.81. The summed E-state index contributed by atoms with van der Waals surface area (Å²) in [4.78, 5) is 0. The van der Waals surface area contributed by atoms with Gasteiger partial charge in [-0.2, -0.15) is 0 Å². The molecule has 0 atom stereocenters. The van der Waals surface area contributed by atoms with Crippen LogP contribution in [-0.2, 0) is 17.7 Å². The van der Waals surface area contributed by atoms with Gasteiger partial charge in [-0.25, -0.2) is 0 Å². The summed E-state index contributed by atoms with van der Waals surface area (Å²) in [6.45, 7) is 5.99. The molecule has 0 aliphatic carbocycles. The van der Waals surface area contributed by atoms with E-state index in [1.807, 2.05) is 0 Å². The van der Waals surface area contributed by atoms with Crippen molar-refractivity contribution < 1.29 is 4.74 Å². The molecule has 1 aromatic carbocycles. The van der Waals surface area contributed by atoms with Crippen molar-refractivity contribution in [1.82, 2.24) is 4.57 Å². The quantitative estimate of drug-likeness (QED) is 0.841. The van der Waals surface area contributed by atoms with Gasteiger partial charge in [0, 0.05) is 30.8 Å². The maximum Gasteiger partial charge on any atom is 0.0639 e. The van der Waals surface area contributed by atoms with Gasteiger partial charge in [-0.1, -0.05) is 18.2 Å². The Hall–Kier alpha value is -1.32. The normalized spacial score (nSPS) is 12.2. The van der Waals surface area contributed by atoms with Crippen LogP contribution in [-0.4, -0.2) is 23.8 Å². The third-order valence-electron chi connectivity index (χ3n) is 4.03. The third-order valence-corrected chi connectivity index (χ3v) is 4.03. The predicted octanol–water partition coefficient (Wildman–Crippen LogP) is 3.35. The van der Waals surface area contributed by atoms with Gasteiger partial charge in [0.15, 0.2) is 0 Å². The van der Waals surface area contributed by atoms with Crippen LogP contribution in [0.3, 0.4) is 0 Å². The van der Waals surface area contributed by atoms with E-state index in [4.69, 9.17) is 10.5 Å². The SMILES string of the molecule is COC(C)(C)CCn1cc(CCCN)c2ccccc21. The zero-order valence-corrected chi connectivity index (χ0v) is 12.9. The molecule has 0 saturated heterocycles. The van der Waals surface area contributed by atoms with Gasteiger partial charge in [0.25, 0.3) is 0 Å². The summed E-state index contributed by atoms with van der Waals surface area (Å²) in [7, 11) is 1.78. The Morgan fingerprint density at radius 2 is 2.00 bits per heavy atom. The molecule has 1 heterocycles. The van der Waals surface area contributed by atoms with E-state index in [9.17, 15) is 0 Å². The lowest BCUT2D eigenvalue weighted by atomic mass is 10.1. The van der Waals surface area contributed by atoms with E-state index in [1.54, 1.807) is 7.11 Å². The molecule has 0 fully saturated rings. The Kier molecular flexibility index (Phi) is 4.84. The molecule has 3 nitrogen and oxygen atoms in total. The summed E-state index contributed by atoms with van der Waals surface area (Å²) in [5.74, 6) is 0. The number of aryl methyl sites for hydroxylation is 2. The third kappa shape index (κ3) is 3.41. The Bertz CT molecular complexity index is 557. The fourth-order valence-electron chi connectivity index (χ4n) is 2.49. The van der Waals surface area contributed by atoms with Crippen molar-refractivity contribution in [2.75, 3.05) is 13.7 Å². The zero-order valence-electron chi connectivity index (χ0n) is 12.9. The number of ether oxygens (including phenoxy) is 1. The van der Waals surface area contributed by atoms with E-state index in [2.05, 4.69) is 48.9 Å². The number of benzene rings is 1. The van der Waals surface area contributed by atoms with Crippen molar-refractivity contribution in [3.63, 3.8) is 0 Å². The fraction of sp³-hybridized carbons (Fsp3) is 0.529. The van der Waals surface area contributed by atoms with Gasteiger partial charge in [0.1, 0.15) is 0 Å². The van der Waals surface area contributed by atoms with E-state index < -0.39 is 0 Å². The lowest BCUT2D eigenvalue weighted by Crippen LogP contribution is -2.24. The van der Waals surface area contributed by atoms with Crippen LogP contribution in [0.15, 0.2) is 30.5 Å². The van der Waals surface area contributed by atoms with Gasteiger partial charge in [0.05, 0.1) is 5.60 Å². The predicted molar refractivity (Wildman–Crippen MR) is 85.0 cm³/mol. The number of hydrogen-bond donors (Lipinski definition) is 1. The molecule has 0 bridgehead atoms. The van der Waals surface area contributed by atoms with E-state index in [0.29, 0.717) is 0 Å². The van der Waals surface area contributed by atoms with Crippen LogP contribution >= 0.6 is 0 Å². The Morgan fingerprint density at radius 3 is 2.70 bits per heavy atom. The lowest BCUT2D eigenvalue weighted by Gasteiger charge is -2.23. The van der Waals surface area contributed by atoms with E-state index >= 15 is 0 Å². The van der Waals surface area contributed by atoms with Gasteiger partial charge in [0.2, 0.25) is 0 Å². The first kappa shape index (κ1) is 15.1. The van der Waals surface area contributed by atoms with Crippen LogP contribution < -0.4 is 5.73 Å². The van der Waals surface area contributed by atoms with Gasteiger partial charge < -0.3 is 15.0 Å². The minimum atomic E-state index is -0.0806. The topological polar surface area (TPSA) is 40.2 Å². The van der Waals surface area contributed by atoms with E-state index in [-0.39, 0.29) is 5.60 Å². The van der Waals surface area contributed by atoms with Crippen molar-refractivity contribution in [2.24, 2.45) is 5.73 Å². The molecule has 2 rings (SSSR count). The molecule has 0 radical (unpaired) electrons. The number of para-hydroxylation sites is 1. The summed E-state index contributed by atoms with van der Waals surface area (Å²) in [6, 6.07) is 8.62. The maximum atomic E-state index is 5.64. The smallest absolute Gasteiger partial charge is 0.0639 e. The summed E-state index contributed by atoms with van der Waals surface area (Å²) in [6.07, 6.45) is 5.37. The zero-order chi connectivity index (χ0) is 14.6. The first-order valence-electron chi connectivity index (χ1n) is 7.39. The van der Waals surface area contributed by atoms with Gasteiger partial charge in [-0.15, -0.1) is 0 Å². The highest BCUT2D eigenvalue weighted by Gasteiger charge is 2.17. The summed E-state index contributed by atoms with van der Waals surface area (Å²) >= 11 is 0. The second-order valence-corrected chi connectivity index (χ2v) is 5.97. The minimum absolute atomic E-state index is 0.0806. The summed E-state index contributed by atoms with van der Waals surface area (Å²) in [5, 5.41) is 1.36. The summed E-state index contributed by atoms with van der Waals surface area (Å²) < 4.78 is 7.86. The molecule has 20 heavy (non-hydrogen) atoms. The average molecular weight is 274 g/mol. The molecule has 0 spiro atoms. The first-order chi connectivity index (χ1) is 9.57. The lowest BCUT2D eigenvalue weighted by molar-refractivity contribution is 0.0123. The standard InChI is InChI=1S/C17H26N2O/c1-17(2,20-3)10-12-19-13-14(7-6-11-18)15-8-4-5-9-16(15)19/h4-5,8-9,13H,6-7,10-12,18H2,1-3H3. The van der Waals surface area contributed by atoms with Crippen LogP contribution in [0.25, 0.3) is 10.9 Å². The Labute approximate surface area is 121 Å². The van der Waals surface area contributed by atoms with Gasteiger partial charge in [-0.05, 0) is 51.3 Å². The summed E-state index contributed by atoms with van der Waals surface area (Å²) in [5.41, 5.74) is 8.27. The highest BCUT2D eigenvalue weighted by molar-refractivity contribution is 5.83. The molecule has 110 valence electrons.